The normalized spacial score (nSPS) is 18.6. The van der Waals surface area contributed by atoms with Crippen LogP contribution in [-0.4, -0.2) is 18.7 Å². The van der Waals surface area contributed by atoms with Crippen molar-refractivity contribution in [3.63, 3.8) is 0 Å². The number of halogens is 3. The van der Waals surface area contributed by atoms with Gasteiger partial charge in [-0.3, -0.25) is 9.59 Å². The van der Waals surface area contributed by atoms with Crippen molar-refractivity contribution in [2.45, 2.75) is 25.6 Å². The highest BCUT2D eigenvalue weighted by atomic mass is 19.4. The Morgan fingerprint density at radius 1 is 0.952 bits per heavy atom. The van der Waals surface area contributed by atoms with Gasteiger partial charge in [-0.25, -0.2) is 0 Å². The molecule has 0 aliphatic heterocycles. The topological polar surface area (TPSA) is 43.4 Å². The quantitative estimate of drug-likeness (QED) is 0.788. The lowest BCUT2D eigenvalue weighted by Crippen LogP contribution is -2.41. The number of Topliss-reactive ketones (excluding diaryl/α,β-unsaturated/α-hetero) is 2. The van der Waals surface area contributed by atoms with Gasteiger partial charge in [-0.15, -0.1) is 0 Å². The molecule has 0 radical (unpaired) electrons. The number of methoxy groups -OCH3 is 1. The van der Waals surface area contributed by atoms with Gasteiger partial charge in [-0.2, -0.15) is 13.2 Å². The van der Waals surface area contributed by atoms with Gasteiger partial charge in [0.2, 0.25) is 17.2 Å². The molecule has 0 heterocycles. The predicted octanol–water partition coefficient (Wildman–Crippen LogP) is 3.04. The standard InChI is InChI=1S/C15H13F3O3/c1-8-9(2)13(20)14(21-3,12(8)19)10-4-6-11(7-5-10)15(16,17)18/h4-7H,1-3H3. The maximum atomic E-state index is 12.6. The Labute approximate surface area is 119 Å². The molecule has 0 spiro atoms. The van der Waals surface area contributed by atoms with Crippen LogP contribution in [0.5, 0.6) is 0 Å². The van der Waals surface area contributed by atoms with Gasteiger partial charge in [0.1, 0.15) is 0 Å². The summed E-state index contributed by atoms with van der Waals surface area (Å²) in [5.74, 6) is -1.07. The Kier molecular flexibility index (Phi) is 3.53. The number of ketones is 2. The second-order valence-corrected chi connectivity index (χ2v) is 4.87. The fourth-order valence-corrected chi connectivity index (χ4v) is 2.43. The van der Waals surface area contributed by atoms with Gasteiger partial charge in [-0.1, -0.05) is 12.1 Å². The van der Waals surface area contributed by atoms with Gasteiger partial charge in [0.15, 0.2) is 0 Å². The molecular weight excluding hydrogens is 285 g/mol. The average molecular weight is 298 g/mol. The highest BCUT2D eigenvalue weighted by Gasteiger charge is 2.53. The van der Waals surface area contributed by atoms with Crippen LogP contribution in [0.2, 0.25) is 0 Å². The predicted molar refractivity (Wildman–Crippen MR) is 68.5 cm³/mol. The highest BCUT2D eigenvalue weighted by molar-refractivity contribution is 6.30. The fourth-order valence-electron chi connectivity index (χ4n) is 2.43. The molecule has 0 aromatic heterocycles. The van der Waals surface area contributed by atoms with E-state index in [0.29, 0.717) is 0 Å². The number of hydrogen-bond acceptors (Lipinski definition) is 3. The molecule has 112 valence electrons. The molecule has 1 aliphatic rings. The zero-order chi connectivity index (χ0) is 16.0. The molecule has 0 fully saturated rings. The third kappa shape index (κ3) is 2.10. The summed E-state index contributed by atoms with van der Waals surface area (Å²) in [6.07, 6.45) is -4.48. The third-order valence-electron chi connectivity index (χ3n) is 3.81. The zero-order valence-corrected chi connectivity index (χ0v) is 11.7. The van der Waals surface area contributed by atoms with Crippen LogP contribution in [0.25, 0.3) is 0 Å². The van der Waals surface area contributed by atoms with Crippen molar-refractivity contribution in [1.29, 1.82) is 0 Å². The minimum atomic E-state index is -4.48. The van der Waals surface area contributed by atoms with Crippen LogP contribution < -0.4 is 0 Å². The van der Waals surface area contributed by atoms with E-state index in [2.05, 4.69) is 0 Å². The van der Waals surface area contributed by atoms with Crippen molar-refractivity contribution in [2.75, 3.05) is 7.11 Å². The number of alkyl halides is 3. The highest BCUT2D eigenvalue weighted by Crippen LogP contribution is 2.40. The average Bonchev–Trinajstić information content (AvgIpc) is 2.61. The number of rotatable bonds is 2. The second-order valence-electron chi connectivity index (χ2n) is 4.87. The number of carbonyl (C=O) groups excluding carboxylic acids is 2. The first kappa shape index (κ1) is 15.4. The van der Waals surface area contributed by atoms with Gasteiger partial charge in [0.25, 0.3) is 0 Å². The van der Waals surface area contributed by atoms with E-state index in [4.69, 9.17) is 4.74 Å². The van der Waals surface area contributed by atoms with Crippen LogP contribution in [0.1, 0.15) is 25.0 Å². The van der Waals surface area contributed by atoms with Crippen LogP contribution in [0.4, 0.5) is 13.2 Å². The SMILES string of the molecule is COC1(c2ccc(C(F)(F)F)cc2)C(=O)C(C)=C(C)C1=O. The summed E-state index contributed by atoms with van der Waals surface area (Å²) in [6.45, 7) is 3.00. The van der Waals surface area contributed by atoms with Crippen molar-refractivity contribution in [2.24, 2.45) is 0 Å². The van der Waals surface area contributed by atoms with Crippen molar-refractivity contribution < 1.29 is 27.5 Å². The molecule has 0 bridgehead atoms. The summed E-state index contributed by atoms with van der Waals surface area (Å²) in [5.41, 5.74) is -2.08. The monoisotopic (exact) mass is 298 g/mol. The molecule has 2 rings (SSSR count). The molecule has 0 atom stereocenters. The Morgan fingerprint density at radius 3 is 1.71 bits per heavy atom. The van der Waals surface area contributed by atoms with E-state index in [1.165, 1.54) is 21.0 Å². The van der Waals surface area contributed by atoms with Crippen LogP contribution in [0.15, 0.2) is 35.4 Å². The lowest BCUT2D eigenvalue weighted by Gasteiger charge is -2.25. The Hall–Kier alpha value is -1.95. The van der Waals surface area contributed by atoms with Crippen molar-refractivity contribution in [3.05, 3.63) is 46.5 Å². The van der Waals surface area contributed by atoms with Crippen LogP contribution in [-0.2, 0) is 26.1 Å². The van der Waals surface area contributed by atoms with E-state index in [0.717, 1.165) is 24.3 Å². The number of carbonyl (C=O) groups is 2. The molecule has 1 aromatic carbocycles. The van der Waals surface area contributed by atoms with Crippen LogP contribution >= 0.6 is 0 Å². The molecule has 0 N–H and O–H groups in total. The van der Waals surface area contributed by atoms with Gasteiger partial charge < -0.3 is 4.74 Å². The third-order valence-corrected chi connectivity index (χ3v) is 3.81. The van der Waals surface area contributed by atoms with Gasteiger partial charge in [-0.05, 0) is 31.5 Å². The zero-order valence-electron chi connectivity index (χ0n) is 11.7. The first-order chi connectivity index (χ1) is 9.66. The summed E-state index contributed by atoms with van der Waals surface area (Å²) in [7, 11) is 1.19. The molecule has 3 nitrogen and oxygen atoms in total. The minimum Gasteiger partial charge on any atom is -0.358 e. The van der Waals surface area contributed by atoms with E-state index >= 15 is 0 Å². The summed E-state index contributed by atoms with van der Waals surface area (Å²) in [5, 5.41) is 0. The molecular formula is C15H13F3O3. The van der Waals surface area contributed by atoms with Crippen LogP contribution in [0, 0.1) is 0 Å². The lowest BCUT2D eigenvalue weighted by atomic mass is 9.87. The van der Waals surface area contributed by atoms with E-state index < -0.39 is 28.9 Å². The van der Waals surface area contributed by atoms with E-state index in [9.17, 15) is 22.8 Å². The second kappa shape index (κ2) is 4.80. The van der Waals surface area contributed by atoms with Crippen molar-refractivity contribution in [1.82, 2.24) is 0 Å². The molecule has 0 amide bonds. The first-order valence-corrected chi connectivity index (χ1v) is 6.16. The van der Waals surface area contributed by atoms with Crippen molar-refractivity contribution in [3.8, 4) is 0 Å². The minimum absolute atomic E-state index is 0.101. The molecule has 0 saturated heterocycles. The number of benzene rings is 1. The van der Waals surface area contributed by atoms with Crippen molar-refractivity contribution >= 4 is 11.6 Å². The molecule has 1 aromatic rings. The molecule has 1 aliphatic carbocycles. The fraction of sp³-hybridized carbons (Fsp3) is 0.333. The summed E-state index contributed by atoms with van der Waals surface area (Å²) in [6, 6.07) is 3.88. The van der Waals surface area contributed by atoms with E-state index in [1.54, 1.807) is 0 Å². The maximum Gasteiger partial charge on any atom is 0.416 e. The first-order valence-electron chi connectivity index (χ1n) is 6.16. The molecule has 21 heavy (non-hydrogen) atoms. The Morgan fingerprint density at radius 2 is 1.38 bits per heavy atom. The van der Waals surface area contributed by atoms with E-state index in [-0.39, 0.29) is 16.7 Å². The smallest absolute Gasteiger partial charge is 0.358 e. The largest absolute Gasteiger partial charge is 0.416 e. The lowest BCUT2D eigenvalue weighted by molar-refractivity contribution is -0.148. The Bertz CT molecular complexity index is 615. The molecule has 6 heteroatoms. The van der Waals surface area contributed by atoms with E-state index in [1.807, 2.05) is 0 Å². The summed E-state index contributed by atoms with van der Waals surface area (Å²) >= 11 is 0. The summed E-state index contributed by atoms with van der Waals surface area (Å²) in [4.78, 5) is 24.7. The number of ether oxygens (including phenoxy) is 1. The van der Waals surface area contributed by atoms with Gasteiger partial charge >= 0.3 is 6.18 Å². The van der Waals surface area contributed by atoms with Gasteiger partial charge in [0, 0.05) is 18.3 Å². The number of hydrogen-bond donors (Lipinski definition) is 0. The molecule has 0 unspecified atom stereocenters. The summed E-state index contributed by atoms with van der Waals surface area (Å²) < 4.78 is 42.9. The molecule has 0 saturated carbocycles. The van der Waals surface area contributed by atoms with Crippen LogP contribution in [0.3, 0.4) is 0 Å². The van der Waals surface area contributed by atoms with Gasteiger partial charge in [0.05, 0.1) is 5.56 Å². The maximum absolute atomic E-state index is 12.6. The Balaban J connectivity index is 2.54.